The first-order valence-corrected chi connectivity index (χ1v) is 8.65. The van der Waals surface area contributed by atoms with Gasteiger partial charge in [-0.15, -0.1) is 11.3 Å². The molecule has 1 fully saturated rings. The van der Waals surface area contributed by atoms with E-state index in [1.807, 2.05) is 24.3 Å². The predicted molar refractivity (Wildman–Crippen MR) is 91.3 cm³/mol. The number of hydrogen-bond donors (Lipinski definition) is 1. The van der Waals surface area contributed by atoms with Crippen molar-refractivity contribution in [1.29, 1.82) is 0 Å². The Bertz CT molecular complexity index is 616. The van der Waals surface area contributed by atoms with Crippen molar-refractivity contribution in [2.45, 2.75) is 12.6 Å². The zero-order chi connectivity index (χ0) is 15.5. The smallest absolute Gasteiger partial charge is 0.123 e. The van der Waals surface area contributed by atoms with Gasteiger partial charge in [0, 0.05) is 48.2 Å². The van der Waals surface area contributed by atoms with Crippen molar-refractivity contribution in [1.82, 2.24) is 14.8 Å². The second-order valence-corrected chi connectivity index (χ2v) is 7.01. The first-order valence-electron chi connectivity index (χ1n) is 7.39. The van der Waals surface area contributed by atoms with Crippen LogP contribution < -0.4 is 0 Å². The van der Waals surface area contributed by atoms with E-state index in [4.69, 9.17) is 16.6 Å². The molecule has 1 aliphatic heterocycles. The fourth-order valence-corrected chi connectivity index (χ4v) is 3.69. The van der Waals surface area contributed by atoms with Crippen LogP contribution in [0, 0.1) is 0 Å². The zero-order valence-electron chi connectivity index (χ0n) is 12.6. The molecule has 2 aromatic rings. The summed E-state index contributed by atoms with van der Waals surface area (Å²) in [5.41, 5.74) is 2.16. The van der Waals surface area contributed by atoms with Gasteiger partial charge < -0.3 is 10.0 Å². The molecule has 1 aliphatic rings. The Kier molecular flexibility index (Phi) is 5.10. The number of aliphatic hydroxyl groups excluding tert-OH is 1. The highest BCUT2D eigenvalue weighted by Crippen LogP contribution is 2.26. The molecule has 1 saturated heterocycles. The second-order valence-electron chi connectivity index (χ2n) is 5.72. The molecule has 118 valence electrons. The third-order valence-electron chi connectivity index (χ3n) is 4.03. The summed E-state index contributed by atoms with van der Waals surface area (Å²) < 4.78 is 0. The fraction of sp³-hybridized carbons (Fsp3) is 0.438. The van der Waals surface area contributed by atoms with Gasteiger partial charge in [-0.3, -0.25) is 4.90 Å². The maximum atomic E-state index is 9.57. The summed E-state index contributed by atoms with van der Waals surface area (Å²) in [4.78, 5) is 9.31. The van der Waals surface area contributed by atoms with Gasteiger partial charge in [-0.2, -0.15) is 0 Å². The SMILES string of the molecule is CN1CCN(Cc2csc(-c3ccc(Cl)cc3)n2)C(CO)C1. The van der Waals surface area contributed by atoms with Crippen LogP contribution in [0.25, 0.3) is 10.6 Å². The summed E-state index contributed by atoms with van der Waals surface area (Å²) in [5, 5.41) is 13.4. The highest BCUT2D eigenvalue weighted by Gasteiger charge is 2.25. The van der Waals surface area contributed by atoms with Crippen LogP contribution in [0.3, 0.4) is 0 Å². The number of likely N-dealkylation sites (N-methyl/N-ethyl adjacent to an activating group) is 1. The maximum Gasteiger partial charge on any atom is 0.123 e. The Morgan fingerprint density at radius 2 is 2.09 bits per heavy atom. The van der Waals surface area contributed by atoms with E-state index in [1.165, 1.54) is 0 Å². The van der Waals surface area contributed by atoms with E-state index >= 15 is 0 Å². The van der Waals surface area contributed by atoms with E-state index in [0.29, 0.717) is 0 Å². The van der Waals surface area contributed by atoms with Crippen LogP contribution >= 0.6 is 22.9 Å². The molecule has 2 heterocycles. The molecule has 0 saturated carbocycles. The average Bonchev–Trinajstić information content (AvgIpc) is 2.98. The molecule has 0 spiro atoms. The summed E-state index contributed by atoms with van der Waals surface area (Å²) in [6.45, 7) is 3.90. The Labute approximate surface area is 140 Å². The van der Waals surface area contributed by atoms with Crippen molar-refractivity contribution in [3.05, 3.63) is 40.4 Å². The molecule has 1 N–H and O–H groups in total. The van der Waals surface area contributed by atoms with Gasteiger partial charge in [0.25, 0.3) is 0 Å². The number of halogens is 1. The Morgan fingerprint density at radius 3 is 2.82 bits per heavy atom. The lowest BCUT2D eigenvalue weighted by atomic mass is 10.2. The van der Waals surface area contributed by atoms with E-state index < -0.39 is 0 Å². The molecule has 1 unspecified atom stereocenters. The van der Waals surface area contributed by atoms with Gasteiger partial charge in [-0.05, 0) is 19.2 Å². The minimum absolute atomic E-state index is 0.193. The van der Waals surface area contributed by atoms with Gasteiger partial charge in [-0.25, -0.2) is 4.98 Å². The number of benzene rings is 1. The minimum Gasteiger partial charge on any atom is -0.395 e. The highest BCUT2D eigenvalue weighted by molar-refractivity contribution is 7.13. The molecule has 0 radical (unpaired) electrons. The molecule has 0 amide bonds. The van der Waals surface area contributed by atoms with E-state index in [0.717, 1.165) is 47.5 Å². The molecule has 22 heavy (non-hydrogen) atoms. The number of rotatable bonds is 4. The largest absolute Gasteiger partial charge is 0.395 e. The van der Waals surface area contributed by atoms with Crippen LogP contribution in [0.5, 0.6) is 0 Å². The van der Waals surface area contributed by atoms with Gasteiger partial charge in [0.1, 0.15) is 5.01 Å². The number of nitrogens with zero attached hydrogens (tertiary/aromatic N) is 3. The van der Waals surface area contributed by atoms with E-state index in [-0.39, 0.29) is 12.6 Å². The van der Waals surface area contributed by atoms with Crippen LogP contribution in [0.1, 0.15) is 5.69 Å². The van der Waals surface area contributed by atoms with Gasteiger partial charge in [0.15, 0.2) is 0 Å². The van der Waals surface area contributed by atoms with Gasteiger partial charge in [0.2, 0.25) is 0 Å². The Balaban J connectivity index is 1.70. The molecule has 4 nitrogen and oxygen atoms in total. The summed E-state index contributed by atoms with van der Waals surface area (Å²) in [5.74, 6) is 0. The average molecular weight is 338 g/mol. The van der Waals surface area contributed by atoms with Gasteiger partial charge >= 0.3 is 0 Å². The van der Waals surface area contributed by atoms with Crippen molar-refractivity contribution in [3.8, 4) is 10.6 Å². The first kappa shape index (κ1) is 15.9. The van der Waals surface area contributed by atoms with Gasteiger partial charge in [0.05, 0.1) is 12.3 Å². The van der Waals surface area contributed by atoms with Crippen molar-refractivity contribution >= 4 is 22.9 Å². The number of thiazole rings is 1. The molecule has 0 bridgehead atoms. The van der Waals surface area contributed by atoms with Crippen LogP contribution in [-0.4, -0.2) is 59.2 Å². The topological polar surface area (TPSA) is 39.6 Å². The first-order chi connectivity index (χ1) is 10.7. The Hall–Kier alpha value is -0.980. The number of hydrogen-bond acceptors (Lipinski definition) is 5. The summed E-state index contributed by atoms with van der Waals surface area (Å²) in [6.07, 6.45) is 0. The van der Waals surface area contributed by atoms with E-state index in [9.17, 15) is 5.11 Å². The normalized spacial score (nSPS) is 20.4. The predicted octanol–water partition coefficient (Wildman–Crippen LogP) is 2.57. The number of piperazine rings is 1. The van der Waals surface area contributed by atoms with Gasteiger partial charge in [-0.1, -0.05) is 23.7 Å². The molecule has 1 atom stereocenters. The monoisotopic (exact) mass is 337 g/mol. The fourth-order valence-electron chi connectivity index (χ4n) is 2.74. The molecule has 6 heteroatoms. The molecule has 1 aromatic carbocycles. The minimum atomic E-state index is 0.193. The highest BCUT2D eigenvalue weighted by atomic mass is 35.5. The van der Waals surface area contributed by atoms with Crippen molar-refractivity contribution in [2.75, 3.05) is 33.3 Å². The van der Waals surface area contributed by atoms with Crippen LogP contribution in [0.4, 0.5) is 0 Å². The zero-order valence-corrected chi connectivity index (χ0v) is 14.1. The van der Waals surface area contributed by atoms with E-state index in [1.54, 1.807) is 11.3 Å². The lowest BCUT2D eigenvalue weighted by Gasteiger charge is -2.38. The molecular weight excluding hydrogens is 318 g/mol. The molecule has 0 aliphatic carbocycles. The molecule has 3 rings (SSSR count). The third-order valence-corrected chi connectivity index (χ3v) is 5.22. The quantitative estimate of drug-likeness (QED) is 0.930. The molecule has 1 aromatic heterocycles. The van der Waals surface area contributed by atoms with Crippen LogP contribution in [0.15, 0.2) is 29.6 Å². The summed E-state index contributed by atoms with van der Waals surface area (Å²) in [7, 11) is 2.10. The standard InChI is InChI=1S/C16H20ClN3OS/c1-19-6-7-20(15(9-19)10-21)8-14-11-22-16(18-14)12-2-4-13(17)5-3-12/h2-5,11,15,21H,6-10H2,1H3. The van der Waals surface area contributed by atoms with Crippen molar-refractivity contribution in [2.24, 2.45) is 0 Å². The van der Waals surface area contributed by atoms with Crippen molar-refractivity contribution in [3.63, 3.8) is 0 Å². The number of aromatic nitrogens is 1. The maximum absolute atomic E-state index is 9.57. The lowest BCUT2D eigenvalue weighted by Crippen LogP contribution is -2.52. The third kappa shape index (κ3) is 3.67. The lowest BCUT2D eigenvalue weighted by molar-refractivity contribution is 0.0451. The number of aliphatic hydroxyl groups is 1. The van der Waals surface area contributed by atoms with Crippen molar-refractivity contribution < 1.29 is 5.11 Å². The van der Waals surface area contributed by atoms with Crippen LogP contribution in [-0.2, 0) is 6.54 Å². The van der Waals surface area contributed by atoms with E-state index in [2.05, 4.69) is 22.2 Å². The summed E-state index contributed by atoms with van der Waals surface area (Å²) in [6, 6.07) is 7.97. The summed E-state index contributed by atoms with van der Waals surface area (Å²) >= 11 is 7.58. The molecular formula is C16H20ClN3OS. The Morgan fingerprint density at radius 1 is 1.32 bits per heavy atom. The second kappa shape index (κ2) is 7.06. The van der Waals surface area contributed by atoms with Crippen LogP contribution in [0.2, 0.25) is 5.02 Å².